The van der Waals surface area contributed by atoms with Gasteiger partial charge in [-0.3, -0.25) is 4.79 Å². The Balaban J connectivity index is 3.66. The van der Waals surface area contributed by atoms with E-state index in [1.807, 2.05) is 0 Å². The smallest absolute Gasteiger partial charge is 0.331 e. The standard InChI is InChI=1S/C13H20O5/c1-3-4-5-6-9-17-12(15)7-8-13(16)18-10-11(2)14/h7-8H,3-6,9-10H2,1-2H3/b8-7-. The van der Waals surface area contributed by atoms with E-state index in [0.29, 0.717) is 6.61 Å². The second-order valence-electron chi connectivity index (χ2n) is 3.87. The molecule has 0 rings (SSSR count). The molecular weight excluding hydrogens is 236 g/mol. The number of ketones is 1. The largest absolute Gasteiger partial charge is 0.463 e. The van der Waals surface area contributed by atoms with Crippen LogP contribution in [0.25, 0.3) is 0 Å². The lowest BCUT2D eigenvalue weighted by molar-refractivity contribution is -0.143. The van der Waals surface area contributed by atoms with Crippen LogP contribution in [-0.4, -0.2) is 30.9 Å². The van der Waals surface area contributed by atoms with Gasteiger partial charge in [0.05, 0.1) is 6.61 Å². The van der Waals surface area contributed by atoms with E-state index < -0.39 is 11.9 Å². The van der Waals surface area contributed by atoms with E-state index >= 15 is 0 Å². The normalized spacial score (nSPS) is 10.3. The minimum atomic E-state index is -0.729. The molecule has 0 amide bonds. The number of carbonyl (C=O) groups is 3. The highest BCUT2D eigenvalue weighted by molar-refractivity contribution is 5.92. The van der Waals surface area contributed by atoms with Gasteiger partial charge in [-0.05, 0) is 13.3 Å². The van der Waals surface area contributed by atoms with E-state index in [4.69, 9.17) is 4.74 Å². The van der Waals surface area contributed by atoms with Gasteiger partial charge in [-0.2, -0.15) is 0 Å². The third-order valence-electron chi connectivity index (χ3n) is 2.02. The molecule has 0 aliphatic heterocycles. The van der Waals surface area contributed by atoms with Gasteiger partial charge in [-0.1, -0.05) is 26.2 Å². The Bertz CT molecular complexity index is 307. The van der Waals surface area contributed by atoms with E-state index in [0.717, 1.165) is 37.8 Å². The Labute approximate surface area is 107 Å². The first kappa shape index (κ1) is 16.4. The number of carbonyl (C=O) groups excluding carboxylic acids is 3. The fraction of sp³-hybridized carbons (Fsp3) is 0.615. The zero-order valence-corrected chi connectivity index (χ0v) is 10.9. The van der Waals surface area contributed by atoms with Gasteiger partial charge in [-0.25, -0.2) is 9.59 Å². The number of esters is 2. The highest BCUT2D eigenvalue weighted by Crippen LogP contribution is 1.99. The molecule has 0 fully saturated rings. The van der Waals surface area contributed by atoms with Crippen LogP contribution in [0.4, 0.5) is 0 Å². The zero-order chi connectivity index (χ0) is 13.8. The Hall–Kier alpha value is -1.65. The molecule has 0 N–H and O–H groups in total. The Morgan fingerprint density at radius 3 is 2.11 bits per heavy atom. The third kappa shape index (κ3) is 10.9. The van der Waals surface area contributed by atoms with Gasteiger partial charge in [0.15, 0.2) is 5.78 Å². The van der Waals surface area contributed by atoms with Crippen LogP contribution in [0.3, 0.4) is 0 Å². The lowest BCUT2D eigenvalue weighted by Gasteiger charge is -2.01. The topological polar surface area (TPSA) is 69.7 Å². The molecule has 0 aliphatic rings. The van der Waals surface area contributed by atoms with Gasteiger partial charge in [-0.15, -0.1) is 0 Å². The molecule has 5 nitrogen and oxygen atoms in total. The molecule has 5 heteroatoms. The zero-order valence-electron chi connectivity index (χ0n) is 10.9. The van der Waals surface area contributed by atoms with Crippen molar-refractivity contribution in [1.29, 1.82) is 0 Å². The van der Waals surface area contributed by atoms with E-state index in [1.54, 1.807) is 0 Å². The van der Waals surface area contributed by atoms with Crippen LogP contribution in [0.2, 0.25) is 0 Å². The van der Waals surface area contributed by atoms with Gasteiger partial charge in [0.2, 0.25) is 0 Å². The number of hydrogen-bond donors (Lipinski definition) is 0. The molecule has 0 saturated carbocycles. The van der Waals surface area contributed by atoms with E-state index in [1.165, 1.54) is 6.92 Å². The van der Waals surface area contributed by atoms with Crippen LogP contribution < -0.4 is 0 Å². The van der Waals surface area contributed by atoms with Gasteiger partial charge >= 0.3 is 11.9 Å². The summed E-state index contributed by atoms with van der Waals surface area (Å²) in [5.74, 6) is -1.56. The van der Waals surface area contributed by atoms with Crippen molar-refractivity contribution < 1.29 is 23.9 Å². The number of rotatable bonds is 9. The van der Waals surface area contributed by atoms with Crippen LogP contribution in [0.1, 0.15) is 39.5 Å². The van der Waals surface area contributed by atoms with Crippen molar-refractivity contribution in [3.8, 4) is 0 Å². The maximum atomic E-state index is 11.1. The highest BCUT2D eigenvalue weighted by atomic mass is 16.5. The monoisotopic (exact) mass is 256 g/mol. The third-order valence-corrected chi connectivity index (χ3v) is 2.02. The summed E-state index contributed by atoms with van der Waals surface area (Å²) in [5.41, 5.74) is 0. The SMILES string of the molecule is CCCCCCOC(=O)/C=C\C(=O)OCC(C)=O. The second-order valence-corrected chi connectivity index (χ2v) is 3.87. The number of ether oxygens (including phenoxy) is 2. The van der Waals surface area contributed by atoms with E-state index in [-0.39, 0.29) is 12.4 Å². The summed E-state index contributed by atoms with van der Waals surface area (Å²) < 4.78 is 9.39. The van der Waals surface area contributed by atoms with Crippen molar-refractivity contribution in [2.75, 3.05) is 13.2 Å². The summed E-state index contributed by atoms with van der Waals surface area (Å²) in [6.45, 7) is 3.48. The maximum Gasteiger partial charge on any atom is 0.331 e. The quantitative estimate of drug-likeness (QED) is 0.357. The molecule has 0 aromatic heterocycles. The molecule has 0 saturated heterocycles. The fourth-order valence-electron chi connectivity index (χ4n) is 1.11. The minimum absolute atomic E-state index is 0.254. The van der Waals surface area contributed by atoms with Gasteiger partial charge < -0.3 is 9.47 Å². The summed E-state index contributed by atoms with van der Waals surface area (Å²) in [7, 11) is 0. The molecule has 0 heterocycles. The minimum Gasteiger partial charge on any atom is -0.463 e. The number of Topliss-reactive ketones (excluding diaryl/α,β-unsaturated/α-hetero) is 1. The summed E-state index contributed by atoms with van der Waals surface area (Å²) in [6, 6.07) is 0. The van der Waals surface area contributed by atoms with Crippen LogP contribution in [-0.2, 0) is 23.9 Å². The molecule has 0 aromatic rings. The molecule has 0 aromatic carbocycles. The summed E-state index contributed by atoms with van der Waals surface area (Å²) >= 11 is 0. The van der Waals surface area contributed by atoms with Crippen molar-refractivity contribution in [3.05, 3.63) is 12.2 Å². The first-order chi connectivity index (χ1) is 8.56. The number of hydrogen-bond acceptors (Lipinski definition) is 5. The maximum absolute atomic E-state index is 11.1. The van der Waals surface area contributed by atoms with Crippen molar-refractivity contribution in [2.24, 2.45) is 0 Å². The van der Waals surface area contributed by atoms with Crippen LogP contribution in [0, 0.1) is 0 Å². The lowest BCUT2D eigenvalue weighted by atomic mass is 10.2. The molecule has 0 unspecified atom stereocenters. The van der Waals surface area contributed by atoms with Crippen molar-refractivity contribution in [1.82, 2.24) is 0 Å². The predicted octanol–water partition coefficient (Wildman–Crippen LogP) is 1.80. The molecule has 18 heavy (non-hydrogen) atoms. The lowest BCUT2D eigenvalue weighted by Crippen LogP contribution is -2.10. The van der Waals surface area contributed by atoms with Crippen LogP contribution in [0.5, 0.6) is 0 Å². The molecule has 0 spiro atoms. The van der Waals surface area contributed by atoms with Gasteiger partial charge in [0.25, 0.3) is 0 Å². The average Bonchev–Trinajstić information content (AvgIpc) is 2.33. The molecule has 0 radical (unpaired) electrons. The fourth-order valence-corrected chi connectivity index (χ4v) is 1.11. The summed E-state index contributed by atoms with van der Waals surface area (Å²) in [6.07, 6.45) is 6.04. The van der Waals surface area contributed by atoms with Crippen molar-refractivity contribution in [3.63, 3.8) is 0 Å². The Kier molecular flexibility index (Phi) is 9.54. The molecule has 0 aliphatic carbocycles. The van der Waals surface area contributed by atoms with Crippen LogP contribution in [0.15, 0.2) is 12.2 Å². The first-order valence-electron chi connectivity index (χ1n) is 6.07. The molecular formula is C13H20O5. The molecule has 0 atom stereocenters. The van der Waals surface area contributed by atoms with Crippen LogP contribution >= 0.6 is 0 Å². The van der Waals surface area contributed by atoms with Gasteiger partial charge in [0, 0.05) is 12.2 Å². The van der Waals surface area contributed by atoms with E-state index in [9.17, 15) is 14.4 Å². The second kappa shape index (κ2) is 10.5. The summed E-state index contributed by atoms with van der Waals surface area (Å²) in [5, 5.41) is 0. The molecule has 0 bridgehead atoms. The highest BCUT2D eigenvalue weighted by Gasteiger charge is 2.02. The van der Waals surface area contributed by atoms with E-state index in [2.05, 4.69) is 11.7 Å². The van der Waals surface area contributed by atoms with Gasteiger partial charge in [0.1, 0.15) is 6.61 Å². The average molecular weight is 256 g/mol. The predicted molar refractivity (Wildman–Crippen MR) is 65.9 cm³/mol. The number of unbranched alkanes of at least 4 members (excludes halogenated alkanes) is 3. The summed E-state index contributed by atoms with van der Waals surface area (Å²) in [4.78, 5) is 32.7. The molecule has 102 valence electrons. The first-order valence-corrected chi connectivity index (χ1v) is 6.07. The Morgan fingerprint density at radius 1 is 0.944 bits per heavy atom. The van der Waals surface area contributed by atoms with Crippen molar-refractivity contribution in [2.45, 2.75) is 39.5 Å². The van der Waals surface area contributed by atoms with Crippen molar-refractivity contribution >= 4 is 17.7 Å². The Morgan fingerprint density at radius 2 is 1.56 bits per heavy atom.